The number of carbonyl (C=O) groups excluding carboxylic acids is 2. The molecular formula is C21H20N4O3S. The molecule has 1 aromatic heterocycles. The van der Waals surface area contributed by atoms with Gasteiger partial charge in [-0.1, -0.05) is 18.2 Å². The minimum Gasteiger partial charge on any atom is -0.494 e. The minimum absolute atomic E-state index is 0.0949. The van der Waals surface area contributed by atoms with Gasteiger partial charge in [0.2, 0.25) is 11.8 Å². The zero-order valence-electron chi connectivity index (χ0n) is 15.8. The molecule has 8 heteroatoms. The SMILES string of the molecule is COc1c(NC(=O)[C@@H]2CCC(=O)N2)ccc2[nH]nc(C3Cc4ccccc4S3)c12. The van der Waals surface area contributed by atoms with Crippen LogP contribution < -0.4 is 15.4 Å². The van der Waals surface area contributed by atoms with Gasteiger partial charge in [0.05, 0.1) is 34.6 Å². The molecule has 2 atom stereocenters. The Morgan fingerprint density at radius 3 is 2.90 bits per heavy atom. The third-order valence-corrected chi connectivity index (χ3v) is 6.76. The molecule has 2 amide bonds. The van der Waals surface area contributed by atoms with Crippen molar-refractivity contribution in [2.24, 2.45) is 0 Å². The number of aromatic amines is 1. The first-order chi connectivity index (χ1) is 14.1. The topological polar surface area (TPSA) is 96.1 Å². The largest absolute Gasteiger partial charge is 0.494 e. The van der Waals surface area contributed by atoms with Gasteiger partial charge < -0.3 is 15.4 Å². The van der Waals surface area contributed by atoms with Gasteiger partial charge in [0.15, 0.2) is 5.75 Å². The van der Waals surface area contributed by atoms with E-state index in [0.29, 0.717) is 24.3 Å². The Balaban J connectivity index is 1.49. The lowest BCUT2D eigenvalue weighted by atomic mass is 10.0. The summed E-state index contributed by atoms with van der Waals surface area (Å²) in [4.78, 5) is 25.3. The fourth-order valence-corrected chi connectivity index (χ4v) is 5.33. The van der Waals surface area contributed by atoms with Crippen molar-refractivity contribution in [3.8, 4) is 5.75 Å². The van der Waals surface area contributed by atoms with Crippen LogP contribution in [0.15, 0.2) is 41.3 Å². The van der Waals surface area contributed by atoms with E-state index in [4.69, 9.17) is 4.74 Å². The quantitative estimate of drug-likeness (QED) is 0.616. The van der Waals surface area contributed by atoms with Crippen molar-refractivity contribution in [3.63, 3.8) is 0 Å². The van der Waals surface area contributed by atoms with E-state index >= 15 is 0 Å². The number of hydrogen-bond acceptors (Lipinski definition) is 5. The number of methoxy groups -OCH3 is 1. The van der Waals surface area contributed by atoms with Crippen molar-refractivity contribution in [1.82, 2.24) is 15.5 Å². The Bertz CT molecular complexity index is 1100. The van der Waals surface area contributed by atoms with Crippen LogP contribution in [0, 0.1) is 0 Å². The van der Waals surface area contributed by atoms with E-state index in [1.807, 2.05) is 12.1 Å². The second kappa shape index (κ2) is 7.11. The molecule has 3 heterocycles. The average Bonchev–Trinajstić information content (AvgIpc) is 3.44. The number of amides is 2. The molecule has 3 aromatic rings. The highest BCUT2D eigenvalue weighted by Gasteiger charge is 2.30. The molecule has 0 spiro atoms. The van der Waals surface area contributed by atoms with Gasteiger partial charge in [0.1, 0.15) is 6.04 Å². The summed E-state index contributed by atoms with van der Waals surface area (Å²) in [6.45, 7) is 0. The van der Waals surface area contributed by atoms with Crippen LogP contribution in [-0.2, 0) is 16.0 Å². The number of H-pyrrole nitrogens is 1. The molecule has 0 saturated carbocycles. The van der Waals surface area contributed by atoms with Crippen molar-refractivity contribution >= 4 is 40.2 Å². The number of ether oxygens (including phenoxy) is 1. The first-order valence-corrected chi connectivity index (χ1v) is 10.4. The smallest absolute Gasteiger partial charge is 0.247 e. The van der Waals surface area contributed by atoms with E-state index in [1.165, 1.54) is 10.5 Å². The second-order valence-electron chi connectivity index (χ2n) is 7.24. The van der Waals surface area contributed by atoms with E-state index in [1.54, 1.807) is 24.9 Å². The van der Waals surface area contributed by atoms with Gasteiger partial charge in [-0.05, 0) is 36.6 Å². The van der Waals surface area contributed by atoms with Gasteiger partial charge in [0, 0.05) is 11.3 Å². The van der Waals surface area contributed by atoms with E-state index in [-0.39, 0.29) is 17.1 Å². The summed E-state index contributed by atoms with van der Waals surface area (Å²) in [5, 5.41) is 14.3. The predicted octanol–water partition coefficient (Wildman–Crippen LogP) is 3.18. The van der Waals surface area contributed by atoms with Crippen LogP contribution in [0.3, 0.4) is 0 Å². The Kier molecular flexibility index (Phi) is 4.43. The van der Waals surface area contributed by atoms with Crippen LogP contribution in [-0.4, -0.2) is 35.2 Å². The standard InChI is InChI=1S/C21H20N4O3S/c1-28-20-13(23-21(27)14-8-9-17(26)22-14)7-6-12-18(20)19(25-24-12)16-10-11-4-2-3-5-15(11)29-16/h2-7,14,16H,8-10H2,1H3,(H,22,26)(H,23,27)(H,24,25)/t14-,16?/m0/s1. The second-order valence-corrected chi connectivity index (χ2v) is 8.49. The van der Waals surface area contributed by atoms with Crippen molar-refractivity contribution < 1.29 is 14.3 Å². The summed E-state index contributed by atoms with van der Waals surface area (Å²) >= 11 is 1.80. The van der Waals surface area contributed by atoms with Crippen molar-refractivity contribution in [1.29, 1.82) is 0 Å². The molecule has 5 rings (SSSR count). The van der Waals surface area contributed by atoms with Crippen molar-refractivity contribution in [2.75, 3.05) is 12.4 Å². The Morgan fingerprint density at radius 1 is 1.28 bits per heavy atom. The van der Waals surface area contributed by atoms with E-state index < -0.39 is 6.04 Å². The lowest BCUT2D eigenvalue weighted by molar-refractivity contribution is -0.122. The molecule has 1 saturated heterocycles. The number of aromatic nitrogens is 2. The summed E-state index contributed by atoms with van der Waals surface area (Å²) in [6.07, 6.45) is 1.78. The molecule has 1 unspecified atom stereocenters. The summed E-state index contributed by atoms with van der Waals surface area (Å²) in [7, 11) is 1.59. The number of rotatable bonds is 4. The zero-order valence-corrected chi connectivity index (χ0v) is 16.6. The lowest BCUT2D eigenvalue weighted by Crippen LogP contribution is -2.37. The summed E-state index contributed by atoms with van der Waals surface area (Å²) in [5.74, 6) is 0.254. The van der Waals surface area contributed by atoms with Gasteiger partial charge in [-0.3, -0.25) is 14.7 Å². The highest BCUT2D eigenvalue weighted by molar-refractivity contribution is 7.99. The molecule has 0 bridgehead atoms. The molecule has 0 aliphatic carbocycles. The first kappa shape index (κ1) is 18.1. The van der Waals surface area contributed by atoms with Gasteiger partial charge in [-0.2, -0.15) is 5.10 Å². The number of fused-ring (bicyclic) bond motifs is 2. The number of nitrogens with zero attached hydrogens (tertiary/aromatic N) is 1. The number of thioether (sulfide) groups is 1. The fourth-order valence-electron chi connectivity index (χ4n) is 4.02. The van der Waals surface area contributed by atoms with Gasteiger partial charge in [-0.15, -0.1) is 11.8 Å². The number of anilines is 1. The molecule has 2 aliphatic rings. The molecule has 2 aliphatic heterocycles. The molecule has 148 valence electrons. The maximum atomic E-state index is 12.6. The summed E-state index contributed by atoms with van der Waals surface area (Å²) in [5.41, 5.74) is 3.68. The van der Waals surface area contributed by atoms with Crippen LogP contribution in [0.1, 0.15) is 29.3 Å². The fraction of sp³-hybridized carbons (Fsp3) is 0.286. The van der Waals surface area contributed by atoms with Crippen LogP contribution >= 0.6 is 11.8 Å². The maximum absolute atomic E-state index is 12.6. The molecule has 3 N–H and O–H groups in total. The van der Waals surface area contributed by atoms with Crippen LogP contribution in [0.2, 0.25) is 0 Å². The molecule has 29 heavy (non-hydrogen) atoms. The third-order valence-electron chi connectivity index (χ3n) is 5.44. The Morgan fingerprint density at radius 2 is 2.14 bits per heavy atom. The van der Waals surface area contributed by atoms with E-state index in [0.717, 1.165) is 23.0 Å². The van der Waals surface area contributed by atoms with Crippen molar-refractivity contribution in [2.45, 2.75) is 35.4 Å². The normalized spacial score (nSPS) is 20.5. The maximum Gasteiger partial charge on any atom is 0.247 e. The van der Waals surface area contributed by atoms with Gasteiger partial charge in [0.25, 0.3) is 0 Å². The van der Waals surface area contributed by atoms with Gasteiger partial charge in [-0.25, -0.2) is 0 Å². The molecule has 0 radical (unpaired) electrons. The van der Waals surface area contributed by atoms with E-state index in [2.05, 4.69) is 39.0 Å². The molecule has 1 fully saturated rings. The van der Waals surface area contributed by atoms with E-state index in [9.17, 15) is 9.59 Å². The number of nitrogens with one attached hydrogen (secondary N) is 3. The number of benzene rings is 2. The minimum atomic E-state index is -0.508. The highest BCUT2D eigenvalue weighted by atomic mass is 32.2. The Labute approximate surface area is 171 Å². The zero-order chi connectivity index (χ0) is 20.0. The summed E-state index contributed by atoms with van der Waals surface area (Å²) in [6, 6.07) is 11.6. The Hall–Kier alpha value is -3.00. The number of carbonyl (C=O) groups is 2. The molecule has 2 aromatic carbocycles. The average molecular weight is 408 g/mol. The third kappa shape index (κ3) is 3.13. The first-order valence-electron chi connectivity index (χ1n) is 9.54. The lowest BCUT2D eigenvalue weighted by Gasteiger charge is -2.15. The number of hydrogen-bond donors (Lipinski definition) is 3. The van der Waals surface area contributed by atoms with Gasteiger partial charge >= 0.3 is 0 Å². The highest BCUT2D eigenvalue weighted by Crippen LogP contribution is 2.49. The summed E-state index contributed by atoms with van der Waals surface area (Å²) < 4.78 is 5.71. The van der Waals surface area contributed by atoms with Crippen molar-refractivity contribution in [3.05, 3.63) is 47.7 Å². The van der Waals surface area contributed by atoms with Crippen LogP contribution in [0.4, 0.5) is 5.69 Å². The van der Waals surface area contributed by atoms with Crippen LogP contribution in [0.5, 0.6) is 5.75 Å². The molecule has 7 nitrogen and oxygen atoms in total. The molecular weight excluding hydrogens is 388 g/mol. The predicted molar refractivity (Wildman–Crippen MR) is 111 cm³/mol. The van der Waals surface area contributed by atoms with Crippen LogP contribution in [0.25, 0.3) is 10.9 Å². The monoisotopic (exact) mass is 408 g/mol.